The third-order valence-electron chi connectivity index (χ3n) is 4.12. The summed E-state index contributed by atoms with van der Waals surface area (Å²) in [7, 11) is -3.56. The van der Waals surface area contributed by atoms with Gasteiger partial charge in [-0.2, -0.15) is 0 Å². The molecule has 1 amide bonds. The van der Waals surface area contributed by atoms with Crippen molar-refractivity contribution < 1.29 is 13.2 Å². The van der Waals surface area contributed by atoms with Crippen molar-refractivity contribution in [2.45, 2.75) is 50.3 Å². The molecule has 1 fully saturated rings. The second kappa shape index (κ2) is 7.01. The van der Waals surface area contributed by atoms with Gasteiger partial charge in [0, 0.05) is 26.1 Å². The first-order valence-corrected chi connectivity index (χ1v) is 9.56. The van der Waals surface area contributed by atoms with Crippen LogP contribution in [0.2, 0.25) is 0 Å². The fourth-order valence-corrected chi connectivity index (χ4v) is 3.67. The zero-order valence-corrected chi connectivity index (χ0v) is 14.9. The third kappa shape index (κ3) is 4.78. The molecule has 0 aliphatic carbocycles. The van der Waals surface area contributed by atoms with E-state index in [1.54, 1.807) is 17.0 Å². The van der Waals surface area contributed by atoms with Crippen LogP contribution < -0.4 is 4.72 Å². The van der Waals surface area contributed by atoms with Crippen molar-refractivity contribution in [3.63, 3.8) is 0 Å². The van der Waals surface area contributed by atoms with Crippen LogP contribution in [0.3, 0.4) is 0 Å². The summed E-state index contributed by atoms with van der Waals surface area (Å²) in [4.78, 5) is 13.9. The number of rotatable bonds is 5. The Morgan fingerprint density at radius 2 is 1.70 bits per heavy atom. The number of sulfonamides is 1. The number of nitrogens with one attached hydrogen (secondary N) is 1. The van der Waals surface area contributed by atoms with E-state index in [9.17, 15) is 13.2 Å². The Morgan fingerprint density at radius 1 is 1.13 bits per heavy atom. The van der Waals surface area contributed by atoms with Crippen LogP contribution in [0, 0.1) is 0 Å². The average Bonchev–Trinajstić information content (AvgIpc) is 3.00. The summed E-state index contributed by atoms with van der Waals surface area (Å²) >= 11 is 0. The van der Waals surface area contributed by atoms with Crippen LogP contribution in [0.25, 0.3) is 0 Å². The summed E-state index contributed by atoms with van der Waals surface area (Å²) in [6, 6.07) is 6.91. The van der Waals surface area contributed by atoms with Gasteiger partial charge in [0.05, 0.1) is 4.90 Å². The molecule has 0 saturated carbocycles. The second-order valence-electron chi connectivity index (χ2n) is 7.01. The number of amides is 1. The summed E-state index contributed by atoms with van der Waals surface area (Å²) in [5, 5.41) is 0. The maximum atomic E-state index is 12.3. The lowest BCUT2D eigenvalue weighted by Gasteiger charge is -2.19. The smallest absolute Gasteiger partial charge is 0.240 e. The largest absolute Gasteiger partial charge is 0.343 e. The minimum atomic E-state index is -3.56. The lowest BCUT2D eigenvalue weighted by molar-refractivity contribution is -0.129. The highest BCUT2D eigenvalue weighted by Crippen LogP contribution is 2.23. The summed E-state index contributed by atoms with van der Waals surface area (Å²) in [6.45, 7) is 7.97. The van der Waals surface area contributed by atoms with Crippen molar-refractivity contribution >= 4 is 15.9 Å². The second-order valence-corrected chi connectivity index (χ2v) is 8.78. The molecule has 5 nitrogen and oxygen atoms in total. The first-order chi connectivity index (χ1) is 10.7. The van der Waals surface area contributed by atoms with Crippen LogP contribution >= 0.6 is 0 Å². The molecule has 1 saturated heterocycles. The van der Waals surface area contributed by atoms with Gasteiger partial charge in [0.1, 0.15) is 0 Å². The van der Waals surface area contributed by atoms with Gasteiger partial charge in [0.15, 0.2) is 0 Å². The van der Waals surface area contributed by atoms with E-state index in [1.165, 1.54) is 0 Å². The highest BCUT2D eigenvalue weighted by Gasteiger charge is 2.20. The number of carbonyl (C=O) groups excluding carboxylic acids is 1. The van der Waals surface area contributed by atoms with Crippen LogP contribution in [0.15, 0.2) is 29.2 Å². The fourth-order valence-electron chi connectivity index (χ4n) is 2.63. The van der Waals surface area contributed by atoms with Gasteiger partial charge >= 0.3 is 0 Å². The zero-order valence-electron chi connectivity index (χ0n) is 14.1. The number of carbonyl (C=O) groups is 1. The average molecular weight is 338 g/mol. The van der Waals surface area contributed by atoms with Crippen molar-refractivity contribution in [1.82, 2.24) is 9.62 Å². The Labute approximate surface area is 139 Å². The molecule has 1 aromatic rings. The van der Waals surface area contributed by atoms with Gasteiger partial charge in [0.2, 0.25) is 15.9 Å². The molecule has 1 N–H and O–H groups in total. The van der Waals surface area contributed by atoms with Crippen LogP contribution in [0.4, 0.5) is 0 Å². The third-order valence-corrected chi connectivity index (χ3v) is 5.60. The van der Waals surface area contributed by atoms with Crippen molar-refractivity contribution in [3.05, 3.63) is 29.8 Å². The van der Waals surface area contributed by atoms with E-state index in [0.717, 1.165) is 31.5 Å². The Bertz CT molecular complexity index is 639. The standard InChI is InChI=1S/C17H26N2O3S/c1-17(2,3)14-6-8-15(9-7-14)23(21,22)18-11-10-16(20)19-12-4-5-13-19/h6-9,18H,4-5,10-13H2,1-3H3. The molecular formula is C17H26N2O3S. The molecule has 0 aromatic heterocycles. The molecule has 0 spiro atoms. The van der Waals surface area contributed by atoms with E-state index in [0.29, 0.717) is 0 Å². The molecule has 2 rings (SSSR count). The summed E-state index contributed by atoms with van der Waals surface area (Å²) < 4.78 is 27.0. The van der Waals surface area contributed by atoms with E-state index in [-0.39, 0.29) is 29.2 Å². The molecule has 1 aliphatic heterocycles. The number of benzene rings is 1. The molecule has 6 heteroatoms. The highest BCUT2D eigenvalue weighted by molar-refractivity contribution is 7.89. The monoisotopic (exact) mass is 338 g/mol. The predicted octanol–water partition coefficient (Wildman–Crippen LogP) is 2.27. The molecule has 1 aliphatic rings. The van der Waals surface area contributed by atoms with Crippen LogP contribution in [-0.4, -0.2) is 38.9 Å². The Balaban J connectivity index is 1.92. The molecule has 1 heterocycles. The van der Waals surface area contributed by atoms with Crippen molar-refractivity contribution in [2.75, 3.05) is 19.6 Å². The number of likely N-dealkylation sites (tertiary alicyclic amines) is 1. The van der Waals surface area contributed by atoms with E-state index in [1.807, 2.05) is 12.1 Å². The molecule has 0 radical (unpaired) electrons. The van der Waals surface area contributed by atoms with Crippen LogP contribution in [-0.2, 0) is 20.2 Å². The summed E-state index contributed by atoms with van der Waals surface area (Å²) in [6.07, 6.45) is 2.29. The lowest BCUT2D eigenvalue weighted by Crippen LogP contribution is -2.32. The van der Waals surface area contributed by atoms with Crippen LogP contribution in [0.1, 0.15) is 45.6 Å². The van der Waals surface area contributed by atoms with Gasteiger partial charge < -0.3 is 4.90 Å². The van der Waals surface area contributed by atoms with Gasteiger partial charge in [-0.05, 0) is 36.0 Å². The lowest BCUT2D eigenvalue weighted by atomic mass is 9.87. The van der Waals surface area contributed by atoms with Gasteiger partial charge in [-0.3, -0.25) is 4.79 Å². The first kappa shape index (κ1) is 17.9. The van der Waals surface area contributed by atoms with E-state index >= 15 is 0 Å². The maximum absolute atomic E-state index is 12.3. The highest BCUT2D eigenvalue weighted by atomic mass is 32.2. The Morgan fingerprint density at radius 3 is 2.22 bits per heavy atom. The molecular weight excluding hydrogens is 312 g/mol. The predicted molar refractivity (Wildman–Crippen MR) is 90.8 cm³/mol. The maximum Gasteiger partial charge on any atom is 0.240 e. The summed E-state index contributed by atoms with van der Waals surface area (Å²) in [5.41, 5.74) is 1.07. The molecule has 0 atom stereocenters. The first-order valence-electron chi connectivity index (χ1n) is 8.08. The van der Waals surface area contributed by atoms with Crippen molar-refractivity contribution in [3.8, 4) is 0 Å². The molecule has 0 unspecified atom stereocenters. The minimum Gasteiger partial charge on any atom is -0.343 e. The van der Waals surface area contributed by atoms with Gasteiger partial charge in [-0.15, -0.1) is 0 Å². The van der Waals surface area contributed by atoms with Crippen molar-refractivity contribution in [2.24, 2.45) is 0 Å². The number of hydrogen-bond acceptors (Lipinski definition) is 3. The van der Waals surface area contributed by atoms with Gasteiger partial charge in [-0.1, -0.05) is 32.9 Å². The van der Waals surface area contributed by atoms with Crippen LogP contribution in [0.5, 0.6) is 0 Å². The minimum absolute atomic E-state index is 0.0160. The zero-order chi connectivity index (χ0) is 17.1. The SMILES string of the molecule is CC(C)(C)c1ccc(S(=O)(=O)NCCC(=O)N2CCCC2)cc1. The van der Waals surface area contributed by atoms with E-state index < -0.39 is 10.0 Å². The van der Waals surface area contributed by atoms with E-state index in [2.05, 4.69) is 25.5 Å². The number of hydrogen-bond donors (Lipinski definition) is 1. The molecule has 23 heavy (non-hydrogen) atoms. The molecule has 1 aromatic carbocycles. The Hall–Kier alpha value is -1.40. The normalized spacial score (nSPS) is 15.9. The molecule has 0 bridgehead atoms. The summed E-state index contributed by atoms with van der Waals surface area (Å²) in [5.74, 6) is 0.0216. The Kier molecular flexibility index (Phi) is 5.47. The van der Waals surface area contributed by atoms with E-state index in [4.69, 9.17) is 0 Å². The van der Waals surface area contributed by atoms with Gasteiger partial charge in [-0.25, -0.2) is 13.1 Å². The topological polar surface area (TPSA) is 66.5 Å². The van der Waals surface area contributed by atoms with Crippen molar-refractivity contribution in [1.29, 1.82) is 0 Å². The van der Waals surface area contributed by atoms with Gasteiger partial charge in [0.25, 0.3) is 0 Å². The molecule has 128 valence electrons. The fraction of sp³-hybridized carbons (Fsp3) is 0.588. The quantitative estimate of drug-likeness (QED) is 0.895. The number of nitrogens with zero attached hydrogens (tertiary/aromatic N) is 1.